The lowest BCUT2D eigenvalue weighted by Gasteiger charge is -2.36. The molecule has 1 heterocycles. The molecular weight excluding hydrogens is 266 g/mol. The number of hydrogen-bond donors (Lipinski definition) is 1. The first-order valence-electron chi connectivity index (χ1n) is 7.18. The number of hydrogen-bond acceptors (Lipinski definition) is 4. The molecule has 1 atom stereocenters. The molecule has 2 rings (SSSR count). The van der Waals surface area contributed by atoms with Gasteiger partial charge in [0.25, 0.3) is 0 Å². The van der Waals surface area contributed by atoms with E-state index in [4.69, 9.17) is 9.47 Å². The van der Waals surface area contributed by atoms with Gasteiger partial charge in [0.2, 0.25) is 5.78 Å². The smallest absolute Gasteiger partial charge is 0.201 e. The molecule has 0 spiro atoms. The van der Waals surface area contributed by atoms with Crippen molar-refractivity contribution in [3.63, 3.8) is 0 Å². The van der Waals surface area contributed by atoms with Crippen LogP contribution >= 0.6 is 0 Å². The second-order valence-corrected chi connectivity index (χ2v) is 6.00. The molecule has 0 saturated heterocycles. The van der Waals surface area contributed by atoms with E-state index in [-0.39, 0.29) is 17.4 Å². The minimum absolute atomic E-state index is 0.0218. The van der Waals surface area contributed by atoms with Crippen molar-refractivity contribution in [3.8, 4) is 0 Å². The summed E-state index contributed by atoms with van der Waals surface area (Å²) in [5.74, 6) is 0.418. The molecule has 0 amide bonds. The number of carbonyl (C=O) groups is 1. The van der Waals surface area contributed by atoms with Crippen LogP contribution in [0.2, 0.25) is 0 Å². The Balaban J connectivity index is 2.22. The Hall–Kier alpha value is -1.81. The highest BCUT2D eigenvalue weighted by Crippen LogP contribution is 2.26. The van der Waals surface area contributed by atoms with Crippen LogP contribution in [0.5, 0.6) is 0 Å². The maximum absolute atomic E-state index is 12.4. The SMILES string of the molecule is COC(C)C1=C(OCc2ccccc2)C(=O)CC(C)(C)N1. The second kappa shape index (κ2) is 6.31. The maximum atomic E-state index is 12.4. The van der Waals surface area contributed by atoms with E-state index in [2.05, 4.69) is 5.32 Å². The van der Waals surface area contributed by atoms with Gasteiger partial charge in [-0.3, -0.25) is 4.79 Å². The molecule has 0 bridgehead atoms. The number of ether oxygens (including phenoxy) is 2. The van der Waals surface area contributed by atoms with Crippen molar-refractivity contribution in [3.05, 3.63) is 47.4 Å². The van der Waals surface area contributed by atoms with E-state index in [0.29, 0.717) is 18.8 Å². The lowest BCUT2D eigenvalue weighted by molar-refractivity contribution is -0.121. The van der Waals surface area contributed by atoms with Crippen LogP contribution in [0, 0.1) is 0 Å². The normalized spacial score (nSPS) is 19.1. The Morgan fingerprint density at radius 1 is 1.29 bits per heavy atom. The van der Waals surface area contributed by atoms with E-state index in [1.807, 2.05) is 51.1 Å². The molecule has 0 aromatic heterocycles. The van der Waals surface area contributed by atoms with Crippen LogP contribution in [0.3, 0.4) is 0 Å². The fourth-order valence-electron chi connectivity index (χ4n) is 2.39. The van der Waals surface area contributed by atoms with Gasteiger partial charge in [0.15, 0.2) is 5.76 Å². The van der Waals surface area contributed by atoms with Gasteiger partial charge in [-0.25, -0.2) is 0 Å². The van der Waals surface area contributed by atoms with Crippen LogP contribution in [0.25, 0.3) is 0 Å². The van der Waals surface area contributed by atoms with Crippen molar-refractivity contribution in [2.75, 3.05) is 7.11 Å². The molecular formula is C17H23NO3. The van der Waals surface area contributed by atoms with Gasteiger partial charge < -0.3 is 14.8 Å². The molecule has 1 unspecified atom stereocenters. The van der Waals surface area contributed by atoms with E-state index in [0.717, 1.165) is 11.3 Å². The minimum Gasteiger partial charge on any atom is -0.483 e. The van der Waals surface area contributed by atoms with E-state index in [1.165, 1.54) is 0 Å². The third-order valence-corrected chi connectivity index (χ3v) is 3.56. The number of carbonyl (C=O) groups excluding carboxylic acids is 1. The van der Waals surface area contributed by atoms with Crippen molar-refractivity contribution in [2.24, 2.45) is 0 Å². The predicted octanol–water partition coefficient (Wildman–Crippen LogP) is 2.79. The van der Waals surface area contributed by atoms with Crippen molar-refractivity contribution in [1.82, 2.24) is 5.32 Å². The fourth-order valence-corrected chi connectivity index (χ4v) is 2.39. The summed E-state index contributed by atoms with van der Waals surface area (Å²) in [5.41, 5.74) is 1.49. The van der Waals surface area contributed by atoms with Gasteiger partial charge in [0, 0.05) is 19.1 Å². The van der Waals surface area contributed by atoms with Crippen molar-refractivity contribution < 1.29 is 14.3 Å². The van der Waals surface area contributed by atoms with Crippen LogP contribution < -0.4 is 5.32 Å². The fraction of sp³-hybridized carbons (Fsp3) is 0.471. The Labute approximate surface area is 126 Å². The molecule has 1 aromatic carbocycles. The van der Waals surface area contributed by atoms with Gasteiger partial charge in [0.1, 0.15) is 6.61 Å². The van der Waals surface area contributed by atoms with Gasteiger partial charge in [-0.15, -0.1) is 0 Å². The summed E-state index contributed by atoms with van der Waals surface area (Å²) in [6.45, 7) is 6.29. The monoisotopic (exact) mass is 289 g/mol. The summed E-state index contributed by atoms with van der Waals surface area (Å²) in [7, 11) is 1.63. The number of nitrogens with one attached hydrogen (secondary N) is 1. The summed E-state index contributed by atoms with van der Waals surface area (Å²) in [6, 6.07) is 9.82. The first kappa shape index (κ1) is 15.6. The lowest BCUT2D eigenvalue weighted by Crippen LogP contribution is -2.48. The predicted molar refractivity (Wildman–Crippen MR) is 81.6 cm³/mol. The Bertz CT molecular complexity index is 534. The third kappa shape index (κ3) is 3.85. The van der Waals surface area contributed by atoms with Gasteiger partial charge in [-0.2, -0.15) is 0 Å². The lowest BCUT2D eigenvalue weighted by atomic mass is 9.91. The van der Waals surface area contributed by atoms with Crippen molar-refractivity contribution in [2.45, 2.75) is 45.4 Å². The average molecular weight is 289 g/mol. The summed E-state index contributed by atoms with van der Waals surface area (Å²) >= 11 is 0. The maximum Gasteiger partial charge on any atom is 0.201 e. The quantitative estimate of drug-likeness (QED) is 0.905. The van der Waals surface area contributed by atoms with Gasteiger partial charge >= 0.3 is 0 Å². The van der Waals surface area contributed by atoms with Crippen LogP contribution in [-0.4, -0.2) is 24.5 Å². The molecule has 4 nitrogen and oxygen atoms in total. The molecule has 0 radical (unpaired) electrons. The van der Waals surface area contributed by atoms with Crippen LogP contribution in [0.4, 0.5) is 0 Å². The van der Waals surface area contributed by atoms with E-state index < -0.39 is 0 Å². The number of benzene rings is 1. The minimum atomic E-state index is -0.279. The van der Waals surface area contributed by atoms with Crippen LogP contribution in [0.1, 0.15) is 32.8 Å². The number of rotatable bonds is 5. The molecule has 1 aliphatic heterocycles. The van der Waals surface area contributed by atoms with Crippen LogP contribution in [-0.2, 0) is 20.9 Å². The summed E-state index contributed by atoms with van der Waals surface area (Å²) in [5, 5.41) is 3.37. The largest absolute Gasteiger partial charge is 0.483 e. The first-order chi connectivity index (χ1) is 9.93. The molecule has 0 fully saturated rings. The van der Waals surface area contributed by atoms with Gasteiger partial charge in [0.05, 0.1) is 11.8 Å². The highest BCUT2D eigenvalue weighted by Gasteiger charge is 2.35. The summed E-state index contributed by atoms with van der Waals surface area (Å²) < 4.78 is 11.2. The third-order valence-electron chi connectivity index (χ3n) is 3.56. The molecule has 4 heteroatoms. The van der Waals surface area contributed by atoms with Gasteiger partial charge in [-0.1, -0.05) is 30.3 Å². The Morgan fingerprint density at radius 2 is 1.95 bits per heavy atom. The van der Waals surface area contributed by atoms with Crippen LogP contribution in [0.15, 0.2) is 41.8 Å². The highest BCUT2D eigenvalue weighted by atomic mass is 16.5. The molecule has 0 aliphatic carbocycles. The summed E-state index contributed by atoms with van der Waals surface area (Å²) in [6.07, 6.45) is 0.205. The summed E-state index contributed by atoms with van der Waals surface area (Å²) in [4.78, 5) is 12.4. The standard InChI is InChI=1S/C17H23NO3/c1-12(20-4)15-16(14(19)10-17(2,3)18-15)21-11-13-8-6-5-7-9-13/h5-9,12,18H,10-11H2,1-4H3. The van der Waals surface area contributed by atoms with Gasteiger partial charge in [-0.05, 0) is 26.3 Å². The molecule has 1 aliphatic rings. The van der Waals surface area contributed by atoms with E-state index in [9.17, 15) is 4.79 Å². The topological polar surface area (TPSA) is 47.6 Å². The number of methoxy groups -OCH3 is 1. The number of Topliss-reactive ketones (excluding diaryl/α,β-unsaturated/α-hetero) is 1. The van der Waals surface area contributed by atoms with E-state index >= 15 is 0 Å². The van der Waals surface area contributed by atoms with E-state index in [1.54, 1.807) is 7.11 Å². The van der Waals surface area contributed by atoms with Crippen molar-refractivity contribution in [1.29, 1.82) is 0 Å². The molecule has 0 saturated carbocycles. The Kier molecular flexibility index (Phi) is 4.68. The molecule has 114 valence electrons. The molecule has 1 N–H and O–H groups in total. The zero-order valence-corrected chi connectivity index (χ0v) is 13.1. The zero-order chi connectivity index (χ0) is 15.5. The molecule has 21 heavy (non-hydrogen) atoms. The number of ketones is 1. The first-order valence-corrected chi connectivity index (χ1v) is 7.18. The average Bonchev–Trinajstić information content (AvgIpc) is 2.45. The Morgan fingerprint density at radius 3 is 2.57 bits per heavy atom. The molecule has 1 aromatic rings. The van der Waals surface area contributed by atoms with Crippen molar-refractivity contribution >= 4 is 5.78 Å². The number of allylic oxidation sites excluding steroid dienone is 1. The highest BCUT2D eigenvalue weighted by molar-refractivity contribution is 5.96. The second-order valence-electron chi connectivity index (χ2n) is 6.00. The zero-order valence-electron chi connectivity index (χ0n) is 13.1.